The zero-order valence-electron chi connectivity index (χ0n) is 13.3. The molecule has 1 aromatic carbocycles. The van der Waals surface area contributed by atoms with E-state index in [1.807, 2.05) is 4.90 Å². The van der Waals surface area contributed by atoms with Crippen LogP contribution in [0.25, 0.3) is 0 Å². The van der Waals surface area contributed by atoms with Gasteiger partial charge in [-0.3, -0.25) is 0 Å². The fraction of sp³-hybridized carbons (Fsp3) is 0.375. The van der Waals surface area contributed by atoms with Crippen LogP contribution in [0, 0.1) is 5.82 Å². The van der Waals surface area contributed by atoms with E-state index in [1.165, 1.54) is 30.3 Å². The van der Waals surface area contributed by atoms with Gasteiger partial charge in [0.1, 0.15) is 5.82 Å². The van der Waals surface area contributed by atoms with E-state index in [-0.39, 0.29) is 12.2 Å². The van der Waals surface area contributed by atoms with Gasteiger partial charge in [0.2, 0.25) is 0 Å². The van der Waals surface area contributed by atoms with Crippen molar-refractivity contribution in [2.75, 3.05) is 36.4 Å². The van der Waals surface area contributed by atoms with Crippen LogP contribution in [0.2, 0.25) is 0 Å². The first-order valence-corrected chi connectivity index (χ1v) is 7.82. The lowest BCUT2D eigenvalue weighted by atomic mass is 10.2. The fourth-order valence-electron chi connectivity index (χ4n) is 2.57. The van der Waals surface area contributed by atoms with Gasteiger partial charge in [0, 0.05) is 38.8 Å². The molecule has 0 atom stereocenters. The molecule has 3 rings (SSSR count). The first-order chi connectivity index (χ1) is 11.9. The van der Waals surface area contributed by atoms with E-state index < -0.39 is 17.7 Å². The molecule has 0 unspecified atom stereocenters. The minimum Gasteiger partial charge on any atom is -0.379 e. The summed E-state index contributed by atoms with van der Waals surface area (Å²) in [5.74, 6) is 0.00223. The molecule has 0 spiro atoms. The molecule has 0 radical (unpaired) electrons. The predicted octanol–water partition coefficient (Wildman–Crippen LogP) is 2.66. The van der Waals surface area contributed by atoms with Crippen LogP contribution in [-0.2, 0) is 12.7 Å². The number of hydrogen-bond acceptors (Lipinski definition) is 5. The van der Waals surface area contributed by atoms with Crippen molar-refractivity contribution in [1.29, 1.82) is 0 Å². The monoisotopic (exact) mass is 355 g/mol. The summed E-state index contributed by atoms with van der Waals surface area (Å²) in [6.45, 7) is 2.90. The van der Waals surface area contributed by atoms with Crippen LogP contribution in [0.4, 0.5) is 29.1 Å². The van der Waals surface area contributed by atoms with Crippen molar-refractivity contribution in [2.24, 2.45) is 0 Å². The summed E-state index contributed by atoms with van der Waals surface area (Å²) < 4.78 is 52.5. The largest absolute Gasteiger partial charge is 0.437 e. The van der Waals surface area contributed by atoms with Gasteiger partial charge >= 0.3 is 6.18 Å². The number of hydrogen-bond donors (Lipinski definition) is 2. The Morgan fingerprint density at radius 3 is 2.40 bits per heavy atom. The Labute approximate surface area is 142 Å². The van der Waals surface area contributed by atoms with Crippen molar-refractivity contribution >= 4 is 11.5 Å². The van der Waals surface area contributed by atoms with E-state index in [4.69, 9.17) is 0 Å². The lowest BCUT2D eigenvalue weighted by molar-refractivity contribution is -0.141. The molecule has 5 nitrogen and oxygen atoms in total. The second-order valence-electron chi connectivity index (χ2n) is 5.68. The lowest BCUT2D eigenvalue weighted by Gasteiger charge is -2.28. The molecule has 0 amide bonds. The second kappa shape index (κ2) is 7.22. The highest BCUT2D eigenvalue weighted by molar-refractivity contribution is 5.57. The van der Waals surface area contributed by atoms with Gasteiger partial charge in [0.05, 0.1) is 5.69 Å². The number of aromatic nitrogens is 2. The summed E-state index contributed by atoms with van der Waals surface area (Å²) in [5.41, 5.74) is -0.538. The quantitative estimate of drug-likeness (QED) is 0.826. The summed E-state index contributed by atoms with van der Waals surface area (Å²) in [5, 5.41) is 13.0. The zero-order valence-corrected chi connectivity index (χ0v) is 13.3. The fourth-order valence-corrected chi connectivity index (χ4v) is 2.57. The molecule has 1 aliphatic rings. The smallest absolute Gasteiger partial charge is 0.379 e. The molecule has 0 saturated carbocycles. The molecule has 2 heterocycles. The average Bonchev–Trinajstić information content (AvgIpc) is 2.61. The lowest BCUT2D eigenvalue weighted by Crippen LogP contribution is -2.44. The van der Waals surface area contributed by atoms with Crippen molar-refractivity contribution < 1.29 is 17.6 Å². The number of alkyl halides is 3. The molecule has 0 aliphatic carbocycles. The van der Waals surface area contributed by atoms with Crippen molar-refractivity contribution in [3.05, 3.63) is 47.4 Å². The number of anilines is 2. The number of nitrogens with one attached hydrogen (secondary N) is 2. The summed E-state index contributed by atoms with van der Waals surface area (Å²) >= 11 is 0. The van der Waals surface area contributed by atoms with Crippen molar-refractivity contribution in [3.8, 4) is 0 Å². The Kier molecular flexibility index (Phi) is 5.03. The van der Waals surface area contributed by atoms with Crippen LogP contribution in [-0.4, -0.2) is 36.4 Å². The maximum absolute atomic E-state index is 13.2. The molecular formula is C16H17F4N5. The normalized spacial score (nSPS) is 15.3. The van der Waals surface area contributed by atoms with Gasteiger partial charge in [-0.05, 0) is 17.7 Å². The number of rotatable bonds is 4. The summed E-state index contributed by atoms with van der Waals surface area (Å²) in [6.07, 6.45) is -4.61. The van der Waals surface area contributed by atoms with Crippen LogP contribution in [0.15, 0.2) is 30.3 Å². The van der Waals surface area contributed by atoms with Gasteiger partial charge in [-0.25, -0.2) is 4.39 Å². The molecule has 1 aromatic heterocycles. The Balaban J connectivity index is 1.83. The van der Waals surface area contributed by atoms with Gasteiger partial charge in [0.15, 0.2) is 11.5 Å². The van der Waals surface area contributed by atoms with E-state index in [0.717, 1.165) is 13.1 Å². The Hall–Kier alpha value is -2.42. The molecule has 2 aromatic rings. The number of nitrogens with zero attached hydrogens (tertiary/aromatic N) is 3. The topological polar surface area (TPSA) is 53.1 Å². The van der Waals surface area contributed by atoms with Gasteiger partial charge in [-0.2, -0.15) is 13.2 Å². The highest BCUT2D eigenvalue weighted by Gasteiger charge is 2.36. The van der Waals surface area contributed by atoms with Crippen LogP contribution >= 0.6 is 0 Å². The molecule has 0 bridgehead atoms. The molecule has 2 N–H and O–H groups in total. The van der Waals surface area contributed by atoms with Crippen LogP contribution < -0.4 is 15.5 Å². The Bertz CT molecular complexity index is 711. The first-order valence-electron chi connectivity index (χ1n) is 7.82. The maximum atomic E-state index is 13.2. The summed E-state index contributed by atoms with van der Waals surface area (Å²) in [4.78, 5) is 1.88. The molecular weight excluding hydrogens is 338 g/mol. The van der Waals surface area contributed by atoms with E-state index in [2.05, 4.69) is 20.8 Å². The van der Waals surface area contributed by atoms with Crippen molar-refractivity contribution in [2.45, 2.75) is 12.7 Å². The Morgan fingerprint density at radius 1 is 1.08 bits per heavy atom. The van der Waals surface area contributed by atoms with Gasteiger partial charge in [-0.15, -0.1) is 10.2 Å². The molecule has 1 saturated heterocycles. The Morgan fingerprint density at radius 2 is 1.76 bits per heavy atom. The van der Waals surface area contributed by atoms with E-state index >= 15 is 0 Å². The molecule has 134 valence electrons. The molecule has 25 heavy (non-hydrogen) atoms. The molecule has 9 heteroatoms. The zero-order chi connectivity index (χ0) is 17.9. The van der Waals surface area contributed by atoms with E-state index in [1.54, 1.807) is 0 Å². The van der Waals surface area contributed by atoms with Crippen LogP contribution in [0.1, 0.15) is 11.3 Å². The highest BCUT2D eigenvalue weighted by Crippen LogP contribution is 2.34. The van der Waals surface area contributed by atoms with Gasteiger partial charge in [0.25, 0.3) is 0 Å². The summed E-state index contributed by atoms with van der Waals surface area (Å²) in [7, 11) is 0. The molecule has 1 aliphatic heterocycles. The second-order valence-corrected chi connectivity index (χ2v) is 5.68. The average molecular weight is 355 g/mol. The maximum Gasteiger partial charge on any atom is 0.437 e. The van der Waals surface area contributed by atoms with E-state index in [0.29, 0.717) is 24.5 Å². The standard InChI is InChI=1S/C16H17F4N5/c17-12-3-1-11(2-4-12)10-22-13-9-14(25-7-5-21-6-8-25)23-24-15(13)16(18,19)20/h1-4,9,21H,5-8,10H2,(H,22,23). The SMILES string of the molecule is Fc1ccc(CNc2cc(N3CCNCC3)nnc2C(F)(F)F)cc1. The number of benzene rings is 1. The third-order valence-corrected chi connectivity index (χ3v) is 3.89. The van der Waals surface area contributed by atoms with Crippen LogP contribution in [0.3, 0.4) is 0 Å². The van der Waals surface area contributed by atoms with Crippen molar-refractivity contribution in [1.82, 2.24) is 15.5 Å². The number of halogens is 4. The molecule has 1 fully saturated rings. The predicted molar refractivity (Wildman–Crippen MR) is 85.8 cm³/mol. The minimum absolute atomic E-state index is 0.121. The third kappa shape index (κ3) is 4.36. The minimum atomic E-state index is -4.61. The summed E-state index contributed by atoms with van der Waals surface area (Å²) in [6, 6.07) is 6.92. The van der Waals surface area contributed by atoms with E-state index in [9.17, 15) is 17.6 Å². The highest BCUT2D eigenvalue weighted by atomic mass is 19.4. The van der Waals surface area contributed by atoms with Gasteiger partial charge in [-0.1, -0.05) is 12.1 Å². The van der Waals surface area contributed by atoms with Crippen LogP contribution in [0.5, 0.6) is 0 Å². The third-order valence-electron chi connectivity index (χ3n) is 3.89. The van der Waals surface area contributed by atoms with Gasteiger partial charge < -0.3 is 15.5 Å². The van der Waals surface area contributed by atoms with Crippen molar-refractivity contribution in [3.63, 3.8) is 0 Å². The first kappa shape index (κ1) is 17.4. The number of piperazine rings is 1.